The summed E-state index contributed by atoms with van der Waals surface area (Å²) in [7, 11) is 0. The first-order chi connectivity index (χ1) is 21.3. The van der Waals surface area contributed by atoms with E-state index in [-0.39, 0.29) is 25.2 Å². The monoisotopic (exact) mass is 642 g/mol. The Kier molecular flexibility index (Phi) is 11.5. The van der Waals surface area contributed by atoms with Crippen LogP contribution in [0, 0.1) is 17.3 Å². The van der Waals surface area contributed by atoms with Crippen molar-refractivity contribution in [2.24, 2.45) is 17.3 Å². The summed E-state index contributed by atoms with van der Waals surface area (Å²) in [5, 5.41) is 0. The summed E-state index contributed by atoms with van der Waals surface area (Å²) in [6.07, 6.45) is 1.09. The summed E-state index contributed by atoms with van der Waals surface area (Å²) in [4.78, 5) is 33.3. The molecule has 9 aliphatic heterocycles. The first-order valence-electron chi connectivity index (χ1n) is 14.5. The molecule has 0 radical (unpaired) electrons. The van der Waals surface area contributed by atoms with Crippen molar-refractivity contribution in [3.8, 4) is 0 Å². The van der Waals surface area contributed by atoms with E-state index in [0.717, 1.165) is 6.08 Å². The predicted octanol–water partition coefficient (Wildman–Crippen LogP) is 1.36. The number of carbonyl (C=O) groups excluding carboxylic acids is 3. The van der Waals surface area contributed by atoms with E-state index in [1.165, 1.54) is 0 Å². The fraction of sp³-hybridized carbons (Fsp3) is 0.700. The number of hydrogen-bond acceptors (Lipinski definition) is 15. The van der Waals surface area contributed by atoms with Crippen LogP contribution in [-0.4, -0.2) is 115 Å². The van der Waals surface area contributed by atoms with Crippen LogP contribution in [0.4, 0.5) is 0 Å². The third kappa shape index (κ3) is 9.40. The second kappa shape index (κ2) is 14.8. The molecule has 45 heavy (non-hydrogen) atoms. The zero-order chi connectivity index (χ0) is 32.7. The van der Waals surface area contributed by atoms with Gasteiger partial charge in [-0.05, 0) is 13.8 Å². The van der Waals surface area contributed by atoms with E-state index in [1.807, 2.05) is 0 Å². The van der Waals surface area contributed by atoms with Crippen LogP contribution in [-0.2, 0) is 71.2 Å². The summed E-state index contributed by atoms with van der Waals surface area (Å²) >= 11 is 0. The van der Waals surface area contributed by atoms with Crippen LogP contribution in [0.2, 0.25) is 0 Å². The molecule has 6 bridgehead atoms. The molecule has 15 heteroatoms. The van der Waals surface area contributed by atoms with Gasteiger partial charge in [0.1, 0.15) is 6.61 Å². The minimum absolute atomic E-state index is 0.0502. The molecule has 0 unspecified atom stereocenters. The van der Waals surface area contributed by atoms with Crippen molar-refractivity contribution in [2.75, 3.05) is 79.3 Å². The lowest BCUT2D eigenvalue weighted by Crippen LogP contribution is -2.60. The van der Waals surface area contributed by atoms with Crippen molar-refractivity contribution in [3.63, 3.8) is 0 Å². The highest BCUT2D eigenvalue weighted by molar-refractivity contribution is 5.87. The van der Waals surface area contributed by atoms with Crippen molar-refractivity contribution in [1.82, 2.24) is 0 Å². The Hall–Kier alpha value is -2.73. The van der Waals surface area contributed by atoms with Crippen LogP contribution in [0.1, 0.15) is 20.8 Å². The summed E-state index contributed by atoms with van der Waals surface area (Å²) in [6, 6.07) is 0. The molecular formula is C30H42O15. The second-order valence-electron chi connectivity index (χ2n) is 11.7. The summed E-state index contributed by atoms with van der Waals surface area (Å²) in [5.41, 5.74) is 0.356. The van der Waals surface area contributed by atoms with Gasteiger partial charge in [0.15, 0.2) is 13.2 Å². The Balaban J connectivity index is 0.000000154. The Bertz CT molecular complexity index is 1060. The number of rotatable bonds is 9. The second-order valence-corrected chi connectivity index (χ2v) is 11.7. The topological polar surface area (TPSA) is 162 Å². The van der Waals surface area contributed by atoms with Gasteiger partial charge < -0.3 is 56.8 Å². The van der Waals surface area contributed by atoms with Crippen molar-refractivity contribution in [1.29, 1.82) is 0 Å². The van der Waals surface area contributed by atoms with Crippen molar-refractivity contribution < 1.29 is 71.2 Å². The van der Waals surface area contributed by atoms with E-state index in [0.29, 0.717) is 82.4 Å². The van der Waals surface area contributed by atoms with Gasteiger partial charge in [-0.1, -0.05) is 19.7 Å². The summed E-state index contributed by atoms with van der Waals surface area (Å²) < 4.78 is 63.0. The number of carbonyl (C=O) groups is 3. The zero-order valence-corrected chi connectivity index (χ0v) is 26.0. The Morgan fingerprint density at radius 2 is 1.00 bits per heavy atom. The van der Waals surface area contributed by atoms with Gasteiger partial charge in [0.05, 0.1) is 64.9 Å². The molecule has 9 saturated heterocycles. The molecular weight excluding hydrogens is 600 g/mol. The molecule has 0 aromatic heterocycles. The molecule has 15 nitrogen and oxygen atoms in total. The molecule has 0 aromatic rings. The van der Waals surface area contributed by atoms with Gasteiger partial charge in [-0.2, -0.15) is 0 Å². The maximum atomic E-state index is 11.3. The highest BCUT2D eigenvalue weighted by Crippen LogP contribution is 2.38. The van der Waals surface area contributed by atoms with Crippen LogP contribution >= 0.6 is 0 Å². The number of hydrogen-bond donors (Lipinski definition) is 0. The number of fused-ring (bicyclic) bond motifs is 9. The van der Waals surface area contributed by atoms with Crippen molar-refractivity contribution in [2.45, 2.75) is 38.7 Å². The molecule has 9 heterocycles. The van der Waals surface area contributed by atoms with Crippen LogP contribution in [0.25, 0.3) is 0 Å². The molecule has 0 atom stereocenters. The lowest BCUT2D eigenvalue weighted by molar-refractivity contribution is -0.461. The fourth-order valence-corrected chi connectivity index (χ4v) is 4.32. The summed E-state index contributed by atoms with van der Waals surface area (Å²) in [5.74, 6) is -4.05. The minimum Gasteiger partial charge on any atom is -0.461 e. The molecule has 0 amide bonds. The quantitative estimate of drug-likeness (QED) is 0.201. The van der Waals surface area contributed by atoms with E-state index in [9.17, 15) is 14.4 Å². The van der Waals surface area contributed by atoms with Crippen molar-refractivity contribution in [3.05, 3.63) is 37.0 Å². The lowest BCUT2D eigenvalue weighted by atomic mass is 9.90. The molecule has 0 spiro atoms. The van der Waals surface area contributed by atoms with Crippen molar-refractivity contribution >= 4 is 17.9 Å². The molecule has 9 fully saturated rings. The molecule has 0 aromatic carbocycles. The lowest BCUT2D eigenvalue weighted by Gasteiger charge is -2.49. The van der Waals surface area contributed by atoms with Gasteiger partial charge in [-0.15, -0.1) is 0 Å². The van der Waals surface area contributed by atoms with Crippen LogP contribution in [0.3, 0.4) is 0 Å². The van der Waals surface area contributed by atoms with Crippen LogP contribution in [0.5, 0.6) is 0 Å². The van der Waals surface area contributed by atoms with E-state index in [2.05, 4.69) is 19.7 Å². The predicted molar refractivity (Wildman–Crippen MR) is 150 cm³/mol. The first kappa shape index (κ1) is 35.1. The third-order valence-electron chi connectivity index (χ3n) is 7.30. The molecule has 9 aliphatic rings. The first-order valence-corrected chi connectivity index (χ1v) is 14.5. The van der Waals surface area contributed by atoms with Crippen LogP contribution in [0.15, 0.2) is 37.0 Å². The average molecular weight is 643 g/mol. The van der Waals surface area contributed by atoms with Gasteiger partial charge in [0, 0.05) is 36.0 Å². The van der Waals surface area contributed by atoms with Gasteiger partial charge in [0.25, 0.3) is 5.97 Å². The normalized spacial score (nSPS) is 35.4. The Morgan fingerprint density at radius 1 is 0.644 bits per heavy atom. The average Bonchev–Trinajstić information content (AvgIpc) is 3.08. The highest BCUT2D eigenvalue weighted by atomic mass is 16.9. The molecule has 0 aliphatic carbocycles. The standard InChI is InChI=1S/C11H16O5.C10H14O5.C9H12O5/c1-8(2)9(12)13-4-11-5-14-10(3,15-6-11)16-7-11;1-7(2)9(11)12-6-10-13-3-8(4-14-10)5-15-10;1-2-8(10)11-6-9-12-3-7(4-13-9)5-14-9/h1,4-7H2,2-3H3;8H,1,3-6H2,2H3;2,7H,1,3-6H2. The fourth-order valence-electron chi connectivity index (χ4n) is 4.32. The Labute approximate surface area is 261 Å². The largest absolute Gasteiger partial charge is 0.461 e. The smallest absolute Gasteiger partial charge is 0.333 e. The maximum Gasteiger partial charge on any atom is 0.333 e. The highest BCUT2D eigenvalue weighted by Gasteiger charge is 2.51. The minimum atomic E-state index is -1.18. The molecule has 252 valence electrons. The van der Waals surface area contributed by atoms with Gasteiger partial charge in [0.2, 0.25) is 0 Å². The zero-order valence-electron chi connectivity index (χ0n) is 26.0. The third-order valence-corrected chi connectivity index (χ3v) is 7.30. The number of ether oxygens (including phenoxy) is 12. The van der Waals surface area contributed by atoms with E-state index in [4.69, 9.17) is 56.8 Å². The van der Waals surface area contributed by atoms with Gasteiger partial charge >= 0.3 is 29.9 Å². The molecule has 0 saturated carbocycles. The Morgan fingerprint density at radius 3 is 1.36 bits per heavy atom. The van der Waals surface area contributed by atoms with Crippen LogP contribution < -0.4 is 0 Å². The van der Waals surface area contributed by atoms with E-state index >= 15 is 0 Å². The molecule has 9 rings (SSSR count). The SMILES string of the molecule is C=C(C)C(=O)OCC12COC(C)(OC1)OC2.C=C(C)C(=O)OCC12OCC(CO1)CO2.C=CC(=O)OCC12OCC(CO1)CO2. The summed E-state index contributed by atoms with van der Waals surface area (Å²) in [6.45, 7) is 20.3. The maximum absolute atomic E-state index is 11.3. The molecule has 0 N–H and O–H groups in total. The van der Waals surface area contributed by atoms with Gasteiger partial charge in [-0.3, -0.25) is 0 Å². The van der Waals surface area contributed by atoms with E-state index < -0.39 is 35.8 Å². The number of esters is 3. The van der Waals surface area contributed by atoms with Gasteiger partial charge in [-0.25, -0.2) is 14.4 Å². The van der Waals surface area contributed by atoms with E-state index in [1.54, 1.807) is 20.8 Å².